The van der Waals surface area contributed by atoms with Crippen LogP contribution < -0.4 is 0 Å². The number of pyridine rings is 1. The van der Waals surface area contributed by atoms with Crippen LogP contribution in [0.1, 0.15) is 69.0 Å². The molecule has 1 atom stereocenters. The molecule has 0 radical (unpaired) electrons. The molecular weight excluding hydrogens is 248 g/mol. The minimum Gasteiger partial charge on any atom is -0.371 e. The van der Waals surface area contributed by atoms with E-state index in [9.17, 15) is 0 Å². The van der Waals surface area contributed by atoms with E-state index < -0.39 is 0 Å². The first-order valence-electron chi connectivity index (χ1n) is 7.77. The van der Waals surface area contributed by atoms with Gasteiger partial charge in [0, 0.05) is 17.8 Å². The lowest BCUT2D eigenvalue weighted by Crippen LogP contribution is -2.24. The van der Waals surface area contributed by atoms with Crippen LogP contribution in [-0.2, 0) is 11.3 Å². The Morgan fingerprint density at radius 1 is 1.25 bits per heavy atom. The number of hydrogen-bond donors (Lipinski definition) is 0. The highest BCUT2D eigenvalue weighted by molar-refractivity contribution is 5.26. The summed E-state index contributed by atoms with van der Waals surface area (Å²) in [5, 5.41) is 0. The number of rotatable bonds is 6. The maximum absolute atomic E-state index is 6.14. The van der Waals surface area contributed by atoms with Crippen molar-refractivity contribution < 1.29 is 4.74 Å². The van der Waals surface area contributed by atoms with Gasteiger partial charge in [-0.05, 0) is 52.3 Å². The van der Waals surface area contributed by atoms with Crippen LogP contribution in [0.15, 0.2) is 12.1 Å². The van der Waals surface area contributed by atoms with Crippen molar-refractivity contribution in [3.63, 3.8) is 0 Å². The van der Waals surface area contributed by atoms with Gasteiger partial charge in [-0.3, -0.25) is 4.98 Å². The van der Waals surface area contributed by atoms with E-state index in [2.05, 4.69) is 51.9 Å². The summed E-state index contributed by atoms with van der Waals surface area (Å²) in [6.07, 6.45) is 4.34. The monoisotopic (exact) mass is 276 g/mol. The molecule has 1 aromatic heterocycles. The molecule has 0 aromatic carbocycles. The van der Waals surface area contributed by atoms with E-state index in [0.29, 0.717) is 12.0 Å². The molecule has 0 saturated heterocycles. The van der Waals surface area contributed by atoms with E-state index in [1.807, 2.05) is 0 Å². The molecule has 0 spiro atoms. The Balaban J connectivity index is 2.20. The van der Waals surface area contributed by atoms with Gasteiger partial charge in [-0.1, -0.05) is 19.9 Å². The predicted molar refractivity (Wildman–Crippen MR) is 82.9 cm³/mol. The van der Waals surface area contributed by atoms with Gasteiger partial charge in [0.25, 0.3) is 0 Å². The molecule has 112 valence electrons. The van der Waals surface area contributed by atoms with Crippen LogP contribution in [-0.4, -0.2) is 30.1 Å². The third-order valence-electron chi connectivity index (χ3n) is 3.98. The summed E-state index contributed by atoms with van der Waals surface area (Å²) in [4.78, 5) is 7.04. The zero-order chi connectivity index (χ0) is 14.7. The fourth-order valence-corrected chi connectivity index (χ4v) is 2.52. The second kappa shape index (κ2) is 6.68. The van der Waals surface area contributed by atoms with Crippen LogP contribution in [0.3, 0.4) is 0 Å². The Labute approximate surface area is 123 Å². The molecule has 1 heterocycles. The molecule has 3 heteroatoms. The minimum absolute atomic E-state index is 0.143. The third-order valence-corrected chi connectivity index (χ3v) is 3.98. The smallest absolute Gasteiger partial charge is 0.0818 e. The molecule has 1 aliphatic rings. The Kier molecular flexibility index (Phi) is 5.17. The predicted octanol–water partition coefficient (Wildman–Crippen LogP) is 3.90. The van der Waals surface area contributed by atoms with Crippen LogP contribution >= 0.6 is 0 Å². The summed E-state index contributed by atoms with van der Waals surface area (Å²) >= 11 is 0. The van der Waals surface area contributed by atoms with Crippen molar-refractivity contribution in [3.8, 4) is 0 Å². The summed E-state index contributed by atoms with van der Waals surface area (Å²) in [5.41, 5.74) is 3.57. The van der Waals surface area contributed by atoms with Crippen LogP contribution in [0, 0.1) is 0 Å². The first-order chi connectivity index (χ1) is 9.47. The molecular formula is C17H28N2O. The summed E-state index contributed by atoms with van der Waals surface area (Å²) in [6, 6.07) is 4.37. The van der Waals surface area contributed by atoms with Gasteiger partial charge in [0.2, 0.25) is 0 Å². The fourth-order valence-electron chi connectivity index (χ4n) is 2.52. The van der Waals surface area contributed by atoms with Crippen molar-refractivity contribution in [1.29, 1.82) is 0 Å². The number of aromatic nitrogens is 1. The topological polar surface area (TPSA) is 25.4 Å². The molecule has 0 amide bonds. The van der Waals surface area contributed by atoms with Crippen LogP contribution in [0.5, 0.6) is 0 Å². The molecule has 0 N–H and O–H groups in total. The van der Waals surface area contributed by atoms with Crippen molar-refractivity contribution in [1.82, 2.24) is 9.88 Å². The molecule has 1 saturated carbocycles. The molecule has 2 rings (SSSR count). The van der Waals surface area contributed by atoms with Gasteiger partial charge in [-0.2, -0.15) is 0 Å². The fraction of sp³-hybridized carbons (Fsp3) is 0.706. The maximum Gasteiger partial charge on any atom is 0.0818 e. The highest BCUT2D eigenvalue weighted by atomic mass is 16.5. The average molecular weight is 276 g/mol. The molecule has 3 nitrogen and oxygen atoms in total. The summed E-state index contributed by atoms with van der Waals surface area (Å²) in [6.45, 7) is 7.41. The summed E-state index contributed by atoms with van der Waals surface area (Å²) in [7, 11) is 4.18. The van der Waals surface area contributed by atoms with E-state index >= 15 is 0 Å². The number of hydrogen-bond acceptors (Lipinski definition) is 3. The van der Waals surface area contributed by atoms with Gasteiger partial charge in [0.1, 0.15) is 0 Å². The second-order valence-corrected chi connectivity index (χ2v) is 6.50. The minimum atomic E-state index is 0.143. The van der Waals surface area contributed by atoms with E-state index in [-0.39, 0.29) is 6.10 Å². The van der Waals surface area contributed by atoms with Gasteiger partial charge < -0.3 is 9.64 Å². The van der Waals surface area contributed by atoms with Gasteiger partial charge in [0.05, 0.1) is 17.9 Å². The quantitative estimate of drug-likeness (QED) is 0.788. The Hall–Kier alpha value is -0.930. The van der Waals surface area contributed by atoms with Gasteiger partial charge in [0.15, 0.2) is 0 Å². The van der Waals surface area contributed by atoms with Crippen molar-refractivity contribution in [3.05, 3.63) is 29.1 Å². The van der Waals surface area contributed by atoms with Gasteiger partial charge >= 0.3 is 0 Å². The number of nitrogens with zero attached hydrogens (tertiary/aromatic N) is 2. The van der Waals surface area contributed by atoms with Crippen molar-refractivity contribution in [2.24, 2.45) is 0 Å². The Bertz CT molecular complexity index is 439. The first kappa shape index (κ1) is 15.5. The lowest BCUT2D eigenvalue weighted by molar-refractivity contribution is -0.0451. The highest BCUT2D eigenvalue weighted by Gasteiger charge is 2.23. The standard InChI is InChI=1S/C17H28N2O/c1-12(2)16-10-9-15(17(18-16)11-19(4)5)13(3)20-14-7-6-8-14/h9-10,12-14H,6-8,11H2,1-5H3/t13-/m0/s1. The van der Waals surface area contributed by atoms with Gasteiger partial charge in [-0.15, -0.1) is 0 Å². The first-order valence-corrected chi connectivity index (χ1v) is 7.77. The Morgan fingerprint density at radius 3 is 2.45 bits per heavy atom. The third kappa shape index (κ3) is 3.80. The van der Waals surface area contributed by atoms with E-state index in [1.54, 1.807) is 0 Å². The van der Waals surface area contributed by atoms with Crippen LogP contribution in [0.2, 0.25) is 0 Å². The lowest BCUT2D eigenvalue weighted by atomic mass is 9.95. The highest BCUT2D eigenvalue weighted by Crippen LogP contribution is 2.30. The van der Waals surface area contributed by atoms with Crippen molar-refractivity contribution in [2.45, 2.75) is 64.7 Å². The van der Waals surface area contributed by atoms with E-state index in [1.165, 1.54) is 30.5 Å². The lowest BCUT2D eigenvalue weighted by Gasteiger charge is -2.30. The zero-order valence-corrected chi connectivity index (χ0v) is 13.5. The number of ether oxygens (including phenoxy) is 1. The summed E-state index contributed by atoms with van der Waals surface area (Å²) < 4.78 is 6.14. The maximum atomic E-state index is 6.14. The van der Waals surface area contributed by atoms with E-state index in [4.69, 9.17) is 9.72 Å². The molecule has 0 bridgehead atoms. The molecule has 1 aromatic rings. The Morgan fingerprint density at radius 2 is 1.95 bits per heavy atom. The van der Waals surface area contributed by atoms with Gasteiger partial charge in [-0.25, -0.2) is 0 Å². The SMILES string of the molecule is CC(C)c1ccc([C@H](C)OC2CCC2)c(CN(C)C)n1. The van der Waals surface area contributed by atoms with Crippen LogP contribution in [0.25, 0.3) is 0 Å². The molecule has 1 fully saturated rings. The molecule has 20 heavy (non-hydrogen) atoms. The van der Waals surface area contributed by atoms with Crippen molar-refractivity contribution in [2.75, 3.05) is 14.1 Å². The molecule has 0 aliphatic heterocycles. The molecule has 1 aliphatic carbocycles. The second-order valence-electron chi connectivity index (χ2n) is 6.50. The molecule has 0 unspecified atom stereocenters. The van der Waals surface area contributed by atoms with Crippen LogP contribution in [0.4, 0.5) is 0 Å². The summed E-state index contributed by atoms with van der Waals surface area (Å²) in [5.74, 6) is 0.466. The van der Waals surface area contributed by atoms with Crippen molar-refractivity contribution >= 4 is 0 Å². The van der Waals surface area contributed by atoms with E-state index in [0.717, 1.165) is 12.2 Å². The normalized spacial score (nSPS) is 17.6. The largest absolute Gasteiger partial charge is 0.371 e. The average Bonchev–Trinajstić information content (AvgIpc) is 2.32. The zero-order valence-electron chi connectivity index (χ0n) is 13.5.